The Labute approximate surface area is 176 Å². The molecule has 0 bridgehead atoms. The van der Waals surface area contributed by atoms with E-state index in [2.05, 4.69) is 27.8 Å². The van der Waals surface area contributed by atoms with Gasteiger partial charge in [0.2, 0.25) is 15.9 Å². The van der Waals surface area contributed by atoms with Crippen molar-refractivity contribution in [1.29, 1.82) is 0 Å². The van der Waals surface area contributed by atoms with Crippen LogP contribution in [0.5, 0.6) is 0 Å². The van der Waals surface area contributed by atoms with Gasteiger partial charge in [0.1, 0.15) is 6.33 Å². The number of rotatable bonds is 5. The molecule has 30 heavy (non-hydrogen) atoms. The van der Waals surface area contributed by atoms with E-state index in [4.69, 9.17) is 0 Å². The number of nitrogens with one attached hydrogen (secondary N) is 1. The normalized spacial score (nSPS) is 23.9. The van der Waals surface area contributed by atoms with Crippen molar-refractivity contribution in [3.8, 4) is 5.69 Å². The number of tetrazole rings is 1. The molecule has 1 aromatic carbocycles. The first kappa shape index (κ1) is 20.9. The molecule has 2 fully saturated rings. The summed E-state index contributed by atoms with van der Waals surface area (Å²) < 4.78 is 28.9. The van der Waals surface area contributed by atoms with Crippen LogP contribution in [-0.2, 0) is 14.8 Å². The Bertz CT molecular complexity index is 953. The highest BCUT2D eigenvalue weighted by Crippen LogP contribution is 2.27. The van der Waals surface area contributed by atoms with Gasteiger partial charge in [-0.05, 0) is 66.3 Å². The maximum Gasteiger partial charge on any atom is 0.243 e. The van der Waals surface area contributed by atoms with E-state index in [0.29, 0.717) is 37.5 Å². The highest BCUT2D eigenvalue weighted by atomic mass is 32.2. The highest BCUT2D eigenvalue weighted by Gasteiger charge is 2.33. The number of carbonyl (C=O) groups excluding carboxylic acids is 1. The summed E-state index contributed by atoms with van der Waals surface area (Å²) in [6, 6.07) is 6.74. The molecule has 0 radical (unpaired) electrons. The second-order valence-electron chi connectivity index (χ2n) is 8.30. The number of amides is 1. The van der Waals surface area contributed by atoms with Crippen LogP contribution < -0.4 is 5.32 Å². The Morgan fingerprint density at radius 3 is 2.40 bits per heavy atom. The van der Waals surface area contributed by atoms with Crippen molar-refractivity contribution in [3.05, 3.63) is 30.6 Å². The third-order valence-electron chi connectivity index (χ3n) is 6.35. The zero-order valence-corrected chi connectivity index (χ0v) is 18.0. The molecule has 2 aromatic rings. The lowest BCUT2D eigenvalue weighted by Crippen LogP contribution is -2.47. The van der Waals surface area contributed by atoms with Gasteiger partial charge in [-0.3, -0.25) is 4.79 Å². The van der Waals surface area contributed by atoms with E-state index in [1.54, 1.807) is 24.3 Å². The van der Waals surface area contributed by atoms with Gasteiger partial charge in [0, 0.05) is 25.0 Å². The lowest BCUT2D eigenvalue weighted by Gasteiger charge is -2.34. The molecule has 1 N–H and O–H groups in total. The second kappa shape index (κ2) is 8.81. The summed E-state index contributed by atoms with van der Waals surface area (Å²) in [5.74, 6) is 0.476. The number of hydrogen-bond acceptors (Lipinski definition) is 6. The monoisotopic (exact) mass is 432 g/mol. The van der Waals surface area contributed by atoms with Crippen molar-refractivity contribution in [2.45, 2.75) is 56.4 Å². The largest absolute Gasteiger partial charge is 0.353 e. The zero-order chi connectivity index (χ0) is 21.1. The van der Waals surface area contributed by atoms with Crippen molar-refractivity contribution in [2.24, 2.45) is 11.8 Å². The van der Waals surface area contributed by atoms with Crippen LogP contribution in [0.3, 0.4) is 0 Å². The van der Waals surface area contributed by atoms with Crippen LogP contribution in [0, 0.1) is 11.8 Å². The van der Waals surface area contributed by atoms with Crippen molar-refractivity contribution >= 4 is 15.9 Å². The molecule has 2 heterocycles. The number of nitrogens with zero attached hydrogens (tertiary/aromatic N) is 5. The van der Waals surface area contributed by atoms with E-state index in [1.807, 2.05) is 0 Å². The van der Waals surface area contributed by atoms with Gasteiger partial charge in [-0.1, -0.05) is 19.8 Å². The second-order valence-corrected chi connectivity index (χ2v) is 10.2. The average molecular weight is 433 g/mol. The summed E-state index contributed by atoms with van der Waals surface area (Å²) in [7, 11) is -3.59. The molecule has 1 saturated heterocycles. The van der Waals surface area contributed by atoms with E-state index in [1.165, 1.54) is 21.7 Å². The van der Waals surface area contributed by atoms with Crippen LogP contribution in [-0.4, -0.2) is 58.0 Å². The molecule has 1 aliphatic heterocycles. The molecule has 1 amide bonds. The summed E-state index contributed by atoms with van der Waals surface area (Å²) in [4.78, 5) is 12.9. The van der Waals surface area contributed by atoms with Crippen molar-refractivity contribution in [1.82, 2.24) is 29.8 Å². The molecule has 4 rings (SSSR count). The zero-order valence-electron chi connectivity index (χ0n) is 17.1. The smallest absolute Gasteiger partial charge is 0.243 e. The Balaban J connectivity index is 1.35. The first-order valence-corrected chi connectivity index (χ1v) is 12.0. The fourth-order valence-electron chi connectivity index (χ4n) is 4.39. The Kier molecular flexibility index (Phi) is 6.14. The number of benzene rings is 1. The van der Waals surface area contributed by atoms with Crippen molar-refractivity contribution in [2.75, 3.05) is 13.1 Å². The van der Waals surface area contributed by atoms with Crippen LogP contribution >= 0.6 is 0 Å². The summed E-state index contributed by atoms with van der Waals surface area (Å²) in [5, 5.41) is 14.2. The van der Waals surface area contributed by atoms with Crippen LogP contribution in [0.25, 0.3) is 5.69 Å². The fraction of sp³-hybridized carbons (Fsp3) is 0.600. The van der Waals surface area contributed by atoms with E-state index >= 15 is 0 Å². The maximum atomic E-state index is 13.0. The molecule has 10 heteroatoms. The molecule has 2 atom stereocenters. The fourth-order valence-corrected chi connectivity index (χ4v) is 5.86. The van der Waals surface area contributed by atoms with Crippen molar-refractivity contribution in [3.63, 3.8) is 0 Å². The number of sulfonamides is 1. The third kappa shape index (κ3) is 4.39. The van der Waals surface area contributed by atoms with E-state index < -0.39 is 10.0 Å². The Hall–Kier alpha value is -2.33. The van der Waals surface area contributed by atoms with Gasteiger partial charge in [-0.2, -0.15) is 4.31 Å². The van der Waals surface area contributed by atoms with Gasteiger partial charge < -0.3 is 5.32 Å². The average Bonchev–Trinajstić information content (AvgIpc) is 3.30. The minimum atomic E-state index is -3.59. The minimum Gasteiger partial charge on any atom is -0.353 e. The molecule has 0 spiro atoms. The number of carbonyl (C=O) groups is 1. The first-order chi connectivity index (χ1) is 14.4. The molecular formula is C20H28N6O3S. The lowest BCUT2D eigenvalue weighted by atomic mass is 9.85. The van der Waals surface area contributed by atoms with Crippen LogP contribution in [0.1, 0.15) is 45.4 Å². The summed E-state index contributed by atoms with van der Waals surface area (Å²) in [5.41, 5.74) is 0.686. The quantitative estimate of drug-likeness (QED) is 0.771. The van der Waals surface area contributed by atoms with Gasteiger partial charge in [-0.15, -0.1) is 5.10 Å². The van der Waals surface area contributed by atoms with Crippen LogP contribution in [0.2, 0.25) is 0 Å². The topological polar surface area (TPSA) is 110 Å². The number of aromatic nitrogens is 4. The molecule has 1 aromatic heterocycles. The third-order valence-corrected chi connectivity index (χ3v) is 8.26. The molecule has 1 aliphatic carbocycles. The summed E-state index contributed by atoms with van der Waals surface area (Å²) in [6.07, 6.45) is 7.16. The Morgan fingerprint density at radius 1 is 1.07 bits per heavy atom. The standard InChI is InChI=1S/C20H28N6O3S/c1-15-4-2-3-5-19(15)22-20(27)16-10-12-25(13-11-16)30(28,29)18-8-6-17(7-9-18)26-14-21-23-24-26/h6-9,14-16,19H,2-5,10-13H2,1H3,(H,22,27)/t15-,19+/m0/s1. The van der Waals surface area contributed by atoms with Gasteiger partial charge >= 0.3 is 0 Å². The van der Waals surface area contributed by atoms with Gasteiger partial charge in [0.25, 0.3) is 0 Å². The summed E-state index contributed by atoms with van der Waals surface area (Å²) in [6.45, 7) is 2.91. The van der Waals surface area contributed by atoms with Gasteiger partial charge in [0.15, 0.2) is 0 Å². The minimum absolute atomic E-state index is 0.0802. The van der Waals surface area contributed by atoms with Crippen molar-refractivity contribution < 1.29 is 13.2 Å². The molecule has 2 aliphatic rings. The van der Waals surface area contributed by atoms with E-state index in [9.17, 15) is 13.2 Å². The molecule has 9 nitrogen and oxygen atoms in total. The summed E-state index contributed by atoms with van der Waals surface area (Å²) >= 11 is 0. The molecule has 0 unspecified atom stereocenters. The lowest BCUT2D eigenvalue weighted by molar-refractivity contribution is -0.127. The molecular weight excluding hydrogens is 404 g/mol. The molecule has 162 valence electrons. The SMILES string of the molecule is C[C@H]1CCCC[C@H]1NC(=O)C1CCN(S(=O)(=O)c2ccc(-n3cnnn3)cc2)CC1. The van der Waals surface area contributed by atoms with Gasteiger partial charge in [0.05, 0.1) is 10.6 Å². The predicted octanol–water partition coefficient (Wildman–Crippen LogP) is 1.76. The number of hydrogen-bond donors (Lipinski definition) is 1. The number of piperidine rings is 1. The van der Waals surface area contributed by atoms with E-state index in [0.717, 1.165) is 19.3 Å². The highest BCUT2D eigenvalue weighted by molar-refractivity contribution is 7.89. The Morgan fingerprint density at radius 2 is 1.77 bits per heavy atom. The predicted molar refractivity (Wildman–Crippen MR) is 110 cm³/mol. The van der Waals surface area contributed by atoms with Crippen LogP contribution in [0.4, 0.5) is 0 Å². The first-order valence-electron chi connectivity index (χ1n) is 10.6. The van der Waals surface area contributed by atoms with E-state index in [-0.39, 0.29) is 22.8 Å². The van der Waals surface area contributed by atoms with Crippen LogP contribution in [0.15, 0.2) is 35.5 Å². The maximum absolute atomic E-state index is 13.0. The van der Waals surface area contributed by atoms with Gasteiger partial charge in [-0.25, -0.2) is 13.1 Å². The molecule has 1 saturated carbocycles.